The monoisotopic (exact) mass is 322 g/mol. The summed E-state index contributed by atoms with van der Waals surface area (Å²) in [5.74, 6) is 0. The van der Waals surface area contributed by atoms with E-state index in [0.29, 0.717) is 0 Å². The van der Waals surface area contributed by atoms with E-state index in [-0.39, 0.29) is 0 Å². The van der Waals surface area contributed by atoms with Crippen LogP contribution in [0.5, 0.6) is 0 Å². The molecule has 0 radical (unpaired) electrons. The Kier molecular flexibility index (Phi) is 2.50. The Hall–Kier alpha value is -1.68. The lowest BCUT2D eigenvalue weighted by molar-refractivity contribution is 1.81. The van der Waals surface area contributed by atoms with E-state index < -0.39 is 0 Å². The molecule has 0 saturated heterocycles. The van der Waals surface area contributed by atoms with E-state index in [1.807, 2.05) is 22.7 Å². The summed E-state index contributed by atoms with van der Waals surface area (Å²) in [6, 6.07) is 19.9. The zero-order valence-corrected chi connectivity index (χ0v) is 13.4. The summed E-state index contributed by atoms with van der Waals surface area (Å²) in [7, 11) is 0. The zero-order chi connectivity index (χ0) is 13.8. The van der Waals surface area contributed by atoms with E-state index in [4.69, 9.17) is 0 Å². The highest BCUT2D eigenvalue weighted by Gasteiger charge is 2.12. The van der Waals surface area contributed by atoms with Crippen LogP contribution in [0.4, 0.5) is 0 Å². The third kappa shape index (κ3) is 1.72. The molecular formula is C18H10S3. The van der Waals surface area contributed by atoms with Crippen molar-refractivity contribution in [1.82, 2.24) is 0 Å². The van der Waals surface area contributed by atoms with Crippen molar-refractivity contribution in [3.05, 3.63) is 60.0 Å². The fourth-order valence-corrected chi connectivity index (χ4v) is 6.22. The lowest BCUT2D eigenvalue weighted by Gasteiger charge is -1.97. The van der Waals surface area contributed by atoms with Crippen molar-refractivity contribution in [3.63, 3.8) is 0 Å². The number of fused-ring (bicyclic) bond motifs is 5. The van der Waals surface area contributed by atoms with Crippen molar-refractivity contribution in [2.45, 2.75) is 0 Å². The molecule has 0 bridgehead atoms. The predicted octanol–water partition coefficient (Wildman–Crippen LogP) is 7.00. The summed E-state index contributed by atoms with van der Waals surface area (Å²) < 4.78 is 5.67. The second-order valence-electron chi connectivity index (χ2n) is 5.05. The number of hydrogen-bond acceptors (Lipinski definition) is 3. The van der Waals surface area contributed by atoms with Crippen LogP contribution in [0.2, 0.25) is 0 Å². The Balaban J connectivity index is 1.86. The molecule has 0 spiro atoms. The molecular weight excluding hydrogens is 312 g/mol. The second-order valence-corrected chi connectivity index (χ2v) is 8.10. The number of thiophene rings is 3. The first-order valence-corrected chi connectivity index (χ1v) is 9.29. The van der Waals surface area contributed by atoms with Crippen LogP contribution in [0, 0.1) is 0 Å². The maximum atomic E-state index is 2.34. The SMILES string of the molecule is c1csc(-c2ccc3c(c2)sc2c4ccccc4sc32)c1. The lowest BCUT2D eigenvalue weighted by Crippen LogP contribution is -1.70. The smallest absolute Gasteiger partial charge is 0.0542 e. The van der Waals surface area contributed by atoms with Gasteiger partial charge >= 0.3 is 0 Å². The molecule has 0 unspecified atom stereocenters. The van der Waals surface area contributed by atoms with Crippen LogP contribution in [0.25, 0.3) is 40.0 Å². The predicted molar refractivity (Wildman–Crippen MR) is 98.0 cm³/mol. The van der Waals surface area contributed by atoms with E-state index in [9.17, 15) is 0 Å². The Morgan fingerprint density at radius 3 is 2.33 bits per heavy atom. The quantitative estimate of drug-likeness (QED) is 0.312. The molecule has 0 aliphatic rings. The van der Waals surface area contributed by atoms with Gasteiger partial charge in [0, 0.05) is 25.0 Å². The molecule has 0 atom stereocenters. The fourth-order valence-electron chi connectivity index (χ4n) is 2.80. The first kappa shape index (κ1) is 11.9. The fraction of sp³-hybridized carbons (Fsp3) is 0. The van der Waals surface area contributed by atoms with Gasteiger partial charge in [-0.1, -0.05) is 36.4 Å². The Morgan fingerprint density at radius 2 is 1.48 bits per heavy atom. The second kappa shape index (κ2) is 4.41. The van der Waals surface area contributed by atoms with Crippen molar-refractivity contribution in [1.29, 1.82) is 0 Å². The van der Waals surface area contributed by atoms with E-state index in [2.05, 4.69) is 60.0 Å². The summed E-state index contributed by atoms with van der Waals surface area (Å²) in [6.45, 7) is 0. The minimum absolute atomic E-state index is 1.33. The van der Waals surface area contributed by atoms with E-state index in [1.165, 1.54) is 40.0 Å². The Labute approximate surface area is 133 Å². The topological polar surface area (TPSA) is 0 Å². The number of rotatable bonds is 1. The van der Waals surface area contributed by atoms with Gasteiger partial charge in [-0.15, -0.1) is 34.0 Å². The first-order valence-electron chi connectivity index (χ1n) is 6.78. The minimum atomic E-state index is 1.33. The maximum absolute atomic E-state index is 2.34. The molecule has 2 aromatic carbocycles. The normalized spacial score (nSPS) is 11.8. The molecule has 0 amide bonds. The lowest BCUT2D eigenvalue weighted by atomic mass is 10.1. The van der Waals surface area contributed by atoms with Gasteiger partial charge in [0.1, 0.15) is 0 Å². The van der Waals surface area contributed by atoms with Crippen LogP contribution >= 0.6 is 34.0 Å². The van der Waals surface area contributed by atoms with Crippen molar-refractivity contribution in [2.75, 3.05) is 0 Å². The van der Waals surface area contributed by atoms with Crippen molar-refractivity contribution in [2.24, 2.45) is 0 Å². The average Bonchev–Trinajstić information content (AvgIpc) is 3.22. The number of hydrogen-bond donors (Lipinski definition) is 0. The summed E-state index contributed by atoms with van der Waals surface area (Å²) in [6.07, 6.45) is 0. The Morgan fingerprint density at radius 1 is 0.667 bits per heavy atom. The van der Waals surface area contributed by atoms with Crippen LogP contribution < -0.4 is 0 Å². The Bertz CT molecular complexity index is 1080. The van der Waals surface area contributed by atoms with Gasteiger partial charge in [-0.3, -0.25) is 0 Å². The summed E-state index contributed by atoms with van der Waals surface area (Å²) in [5.41, 5.74) is 1.33. The van der Waals surface area contributed by atoms with Crippen molar-refractivity contribution in [3.8, 4) is 10.4 Å². The van der Waals surface area contributed by atoms with Gasteiger partial charge in [0.15, 0.2) is 0 Å². The molecule has 0 N–H and O–H groups in total. The van der Waals surface area contributed by atoms with Gasteiger partial charge in [0.2, 0.25) is 0 Å². The average molecular weight is 322 g/mol. The highest BCUT2D eigenvalue weighted by atomic mass is 32.1. The van der Waals surface area contributed by atoms with Crippen molar-refractivity contribution < 1.29 is 0 Å². The highest BCUT2D eigenvalue weighted by molar-refractivity contribution is 7.36. The van der Waals surface area contributed by atoms with Crippen molar-refractivity contribution >= 4 is 63.6 Å². The van der Waals surface area contributed by atoms with E-state index in [1.54, 1.807) is 11.3 Å². The molecule has 0 fully saturated rings. The van der Waals surface area contributed by atoms with Crippen LogP contribution in [-0.2, 0) is 0 Å². The standard InChI is InChI=1S/C18H10S3/c1-2-5-15-12(4-1)17-18(20-15)13-8-7-11(10-16(13)21-17)14-6-3-9-19-14/h1-10H. The molecule has 0 aliphatic heterocycles. The van der Waals surface area contributed by atoms with Gasteiger partial charge in [-0.05, 0) is 29.1 Å². The van der Waals surface area contributed by atoms with Crippen LogP contribution in [-0.4, -0.2) is 0 Å². The molecule has 0 nitrogen and oxygen atoms in total. The number of benzene rings is 2. The van der Waals surface area contributed by atoms with Gasteiger partial charge in [-0.2, -0.15) is 0 Å². The summed E-state index contributed by atoms with van der Waals surface area (Å²) >= 11 is 5.64. The zero-order valence-electron chi connectivity index (χ0n) is 11.0. The third-order valence-corrected chi connectivity index (χ3v) is 7.23. The molecule has 3 heteroatoms. The molecule has 0 saturated carbocycles. The van der Waals surface area contributed by atoms with Gasteiger partial charge in [0.05, 0.1) is 9.40 Å². The maximum Gasteiger partial charge on any atom is 0.0542 e. The highest BCUT2D eigenvalue weighted by Crippen LogP contribution is 2.45. The van der Waals surface area contributed by atoms with Gasteiger partial charge in [0.25, 0.3) is 0 Å². The molecule has 0 aliphatic carbocycles. The van der Waals surface area contributed by atoms with E-state index in [0.717, 1.165) is 0 Å². The van der Waals surface area contributed by atoms with Crippen LogP contribution in [0.15, 0.2) is 60.0 Å². The first-order chi connectivity index (χ1) is 10.4. The largest absolute Gasteiger partial charge is 0.144 e. The summed E-state index contributed by atoms with van der Waals surface area (Å²) in [4.78, 5) is 1.35. The van der Waals surface area contributed by atoms with Gasteiger partial charge < -0.3 is 0 Å². The van der Waals surface area contributed by atoms with Crippen LogP contribution in [0.3, 0.4) is 0 Å². The minimum Gasteiger partial charge on any atom is -0.144 e. The summed E-state index contributed by atoms with van der Waals surface area (Å²) in [5, 5.41) is 4.94. The molecule has 3 aromatic heterocycles. The molecule has 21 heavy (non-hydrogen) atoms. The molecule has 3 heterocycles. The third-order valence-electron chi connectivity index (χ3n) is 3.79. The molecule has 5 rings (SSSR count). The molecule has 5 aromatic rings. The molecule has 100 valence electrons. The van der Waals surface area contributed by atoms with Crippen LogP contribution in [0.1, 0.15) is 0 Å². The van der Waals surface area contributed by atoms with Gasteiger partial charge in [-0.25, -0.2) is 0 Å². The van der Waals surface area contributed by atoms with E-state index >= 15 is 0 Å².